The van der Waals surface area contributed by atoms with Gasteiger partial charge in [0.1, 0.15) is 0 Å². The first-order valence-corrected chi connectivity index (χ1v) is 7.53. The number of carbonyl (C=O) groups is 2. The van der Waals surface area contributed by atoms with Gasteiger partial charge in [-0.05, 0) is 5.92 Å². The first kappa shape index (κ1) is 17.7. The zero-order valence-electron chi connectivity index (χ0n) is 13.0. The maximum absolute atomic E-state index is 11.9. The van der Waals surface area contributed by atoms with Crippen LogP contribution < -0.4 is 5.32 Å². The van der Waals surface area contributed by atoms with Crippen molar-refractivity contribution >= 4 is 12.0 Å². The molecular formula is C14H27N3O4. The SMILES string of the molecule is CC(C)COCCNC(=O)N1CCN(CCC(=O)O)CC1. The first-order chi connectivity index (χ1) is 9.99. The fourth-order valence-corrected chi connectivity index (χ4v) is 2.09. The number of hydrogen-bond acceptors (Lipinski definition) is 4. The third-order valence-corrected chi connectivity index (χ3v) is 3.28. The van der Waals surface area contributed by atoms with E-state index in [1.165, 1.54) is 0 Å². The average molecular weight is 301 g/mol. The first-order valence-electron chi connectivity index (χ1n) is 7.53. The molecule has 0 bridgehead atoms. The molecule has 1 heterocycles. The van der Waals surface area contributed by atoms with Crippen LogP contribution in [0.3, 0.4) is 0 Å². The van der Waals surface area contributed by atoms with Gasteiger partial charge in [0.15, 0.2) is 0 Å². The number of nitrogens with one attached hydrogen (secondary N) is 1. The number of aliphatic carboxylic acids is 1. The molecule has 1 aliphatic rings. The molecule has 0 aromatic carbocycles. The molecule has 0 unspecified atom stereocenters. The van der Waals surface area contributed by atoms with Crippen molar-refractivity contribution in [3.8, 4) is 0 Å². The van der Waals surface area contributed by atoms with E-state index < -0.39 is 5.97 Å². The van der Waals surface area contributed by atoms with Crippen molar-refractivity contribution in [1.82, 2.24) is 15.1 Å². The minimum atomic E-state index is -0.781. The number of carboxylic acid groups (broad SMARTS) is 1. The molecule has 1 saturated heterocycles. The normalized spacial score (nSPS) is 16.2. The molecule has 0 atom stereocenters. The van der Waals surface area contributed by atoms with Gasteiger partial charge in [-0.3, -0.25) is 9.69 Å². The second-order valence-electron chi connectivity index (χ2n) is 5.67. The van der Waals surface area contributed by atoms with E-state index in [0.717, 1.165) is 13.1 Å². The molecule has 2 N–H and O–H groups in total. The summed E-state index contributed by atoms with van der Waals surface area (Å²) in [5.41, 5.74) is 0. The smallest absolute Gasteiger partial charge is 0.317 e. The van der Waals surface area contributed by atoms with Gasteiger partial charge < -0.3 is 20.1 Å². The number of piperazine rings is 1. The van der Waals surface area contributed by atoms with Gasteiger partial charge in [0.2, 0.25) is 0 Å². The predicted molar refractivity (Wildman–Crippen MR) is 79.3 cm³/mol. The lowest BCUT2D eigenvalue weighted by Gasteiger charge is -2.34. The van der Waals surface area contributed by atoms with Gasteiger partial charge in [-0.2, -0.15) is 0 Å². The van der Waals surface area contributed by atoms with Crippen molar-refractivity contribution in [2.24, 2.45) is 5.92 Å². The van der Waals surface area contributed by atoms with Crippen LogP contribution in [0.4, 0.5) is 4.79 Å². The monoisotopic (exact) mass is 301 g/mol. The van der Waals surface area contributed by atoms with Crippen LogP contribution in [-0.4, -0.2) is 79.4 Å². The van der Waals surface area contributed by atoms with Gasteiger partial charge in [-0.1, -0.05) is 13.8 Å². The Morgan fingerprint density at radius 1 is 1.24 bits per heavy atom. The van der Waals surface area contributed by atoms with Crippen LogP contribution >= 0.6 is 0 Å². The average Bonchev–Trinajstić information content (AvgIpc) is 2.44. The van der Waals surface area contributed by atoms with E-state index in [4.69, 9.17) is 9.84 Å². The highest BCUT2D eigenvalue weighted by molar-refractivity contribution is 5.74. The maximum Gasteiger partial charge on any atom is 0.317 e. The molecule has 0 aliphatic carbocycles. The molecule has 0 aromatic heterocycles. The second-order valence-corrected chi connectivity index (χ2v) is 5.67. The number of rotatable bonds is 8. The molecule has 0 saturated carbocycles. The Morgan fingerprint density at radius 2 is 1.90 bits per heavy atom. The van der Waals surface area contributed by atoms with Gasteiger partial charge >= 0.3 is 12.0 Å². The van der Waals surface area contributed by atoms with E-state index in [9.17, 15) is 9.59 Å². The van der Waals surface area contributed by atoms with Crippen LogP contribution in [0.25, 0.3) is 0 Å². The van der Waals surface area contributed by atoms with E-state index in [2.05, 4.69) is 24.1 Å². The van der Waals surface area contributed by atoms with E-state index in [1.54, 1.807) is 4.90 Å². The lowest BCUT2D eigenvalue weighted by atomic mass is 10.2. The third-order valence-electron chi connectivity index (χ3n) is 3.28. The standard InChI is InChI=1S/C14H27N3O4/c1-12(2)11-21-10-4-15-14(20)17-8-6-16(7-9-17)5-3-13(18)19/h12H,3-11H2,1-2H3,(H,15,20)(H,18,19). The van der Waals surface area contributed by atoms with Crippen molar-refractivity contribution in [3.63, 3.8) is 0 Å². The summed E-state index contributed by atoms with van der Waals surface area (Å²) >= 11 is 0. The van der Waals surface area contributed by atoms with Crippen LogP contribution in [0, 0.1) is 5.92 Å². The lowest BCUT2D eigenvalue weighted by Crippen LogP contribution is -2.52. The fourth-order valence-electron chi connectivity index (χ4n) is 2.09. The molecule has 0 radical (unpaired) electrons. The summed E-state index contributed by atoms with van der Waals surface area (Å²) in [6.45, 7) is 9.20. The number of urea groups is 1. The Balaban J connectivity index is 2.10. The highest BCUT2D eigenvalue weighted by Crippen LogP contribution is 2.02. The highest BCUT2D eigenvalue weighted by atomic mass is 16.5. The molecule has 7 heteroatoms. The number of carboxylic acids is 1. The molecule has 2 amide bonds. The summed E-state index contributed by atoms with van der Waals surface area (Å²) in [7, 11) is 0. The molecule has 7 nitrogen and oxygen atoms in total. The van der Waals surface area contributed by atoms with E-state index >= 15 is 0 Å². The zero-order valence-corrected chi connectivity index (χ0v) is 13.0. The Bertz CT molecular complexity index is 328. The molecule has 0 aromatic rings. The van der Waals surface area contributed by atoms with Gasteiger partial charge in [0.05, 0.1) is 13.0 Å². The van der Waals surface area contributed by atoms with Crippen molar-refractivity contribution in [2.45, 2.75) is 20.3 Å². The van der Waals surface area contributed by atoms with E-state index in [1.807, 2.05) is 0 Å². The van der Waals surface area contributed by atoms with Crippen molar-refractivity contribution in [1.29, 1.82) is 0 Å². The second kappa shape index (κ2) is 9.57. The Hall–Kier alpha value is -1.34. The van der Waals surface area contributed by atoms with Crippen LogP contribution in [0.5, 0.6) is 0 Å². The fraction of sp³-hybridized carbons (Fsp3) is 0.857. The molecule has 0 spiro atoms. The topological polar surface area (TPSA) is 82.1 Å². The minimum Gasteiger partial charge on any atom is -0.481 e. The zero-order chi connectivity index (χ0) is 15.7. The number of nitrogens with zero attached hydrogens (tertiary/aromatic N) is 2. The van der Waals surface area contributed by atoms with E-state index in [0.29, 0.717) is 45.3 Å². The van der Waals surface area contributed by atoms with Gasteiger partial charge in [0.25, 0.3) is 0 Å². The van der Waals surface area contributed by atoms with Crippen LogP contribution in [0.2, 0.25) is 0 Å². The molecule has 122 valence electrons. The third kappa shape index (κ3) is 7.87. The predicted octanol–water partition coefficient (Wildman–Crippen LogP) is 0.461. The lowest BCUT2D eigenvalue weighted by molar-refractivity contribution is -0.137. The van der Waals surface area contributed by atoms with Crippen molar-refractivity contribution in [3.05, 3.63) is 0 Å². The number of carbonyl (C=O) groups excluding carboxylic acids is 1. The molecule has 21 heavy (non-hydrogen) atoms. The van der Waals surface area contributed by atoms with E-state index in [-0.39, 0.29) is 12.5 Å². The Morgan fingerprint density at radius 3 is 2.48 bits per heavy atom. The van der Waals surface area contributed by atoms with Crippen LogP contribution in [0.15, 0.2) is 0 Å². The number of amides is 2. The summed E-state index contributed by atoms with van der Waals surface area (Å²) in [4.78, 5) is 26.3. The summed E-state index contributed by atoms with van der Waals surface area (Å²) < 4.78 is 5.41. The van der Waals surface area contributed by atoms with Gasteiger partial charge in [-0.15, -0.1) is 0 Å². The Labute approximate surface area is 126 Å². The summed E-state index contributed by atoms with van der Waals surface area (Å²) in [5.74, 6) is -0.281. The Kier molecular flexibility index (Phi) is 8.07. The summed E-state index contributed by atoms with van der Waals surface area (Å²) in [6, 6.07) is -0.0685. The maximum atomic E-state index is 11.9. The molecule has 1 aliphatic heterocycles. The summed E-state index contributed by atoms with van der Waals surface area (Å²) in [6.07, 6.45) is 0.152. The van der Waals surface area contributed by atoms with Gasteiger partial charge in [0, 0.05) is 45.9 Å². The van der Waals surface area contributed by atoms with Crippen LogP contribution in [-0.2, 0) is 9.53 Å². The highest BCUT2D eigenvalue weighted by Gasteiger charge is 2.20. The molecular weight excluding hydrogens is 274 g/mol. The van der Waals surface area contributed by atoms with Crippen molar-refractivity contribution in [2.75, 3.05) is 52.5 Å². The summed E-state index contributed by atoms with van der Waals surface area (Å²) in [5, 5.41) is 11.5. The number of hydrogen-bond donors (Lipinski definition) is 2. The largest absolute Gasteiger partial charge is 0.481 e. The van der Waals surface area contributed by atoms with Crippen LogP contribution in [0.1, 0.15) is 20.3 Å². The number of ether oxygens (including phenoxy) is 1. The van der Waals surface area contributed by atoms with Crippen molar-refractivity contribution < 1.29 is 19.4 Å². The molecule has 1 rings (SSSR count). The quantitative estimate of drug-likeness (QED) is 0.637. The van der Waals surface area contributed by atoms with Gasteiger partial charge in [-0.25, -0.2) is 4.79 Å². The minimum absolute atomic E-state index is 0.0685. The molecule has 1 fully saturated rings.